The van der Waals surface area contributed by atoms with Gasteiger partial charge < -0.3 is 15.3 Å². The summed E-state index contributed by atoms with van der Waals surface area (Å²) in [4.78, 5) is 65.5. The van der Waals surface area contributed by atoms with Crippen LogP contribution in [0.25, 0.3) is 33.5 Å². The maximum absolute atomic E-state index is 13.1. The molecule has 1 unspecified atom stereocenters. The number of aryl methyl sites for hydroxylation is 3. The van der Waals surface area contributed by atoms with E-state index in [1.54, 1.807) is 27.7 Å². The highest BCUT2D eigenvalue weighted by molar-refractivity contribution is 5.94. The number of carbonyl (C=O) groups excluding carboxylic acids is 3. The number of alkyl halides is 1. The molecule has 11 rings (SSSR count). The molecule has 6 aromatic rings. The quantitative estimate of drug-likeness (QED) is 0.0531. The van der Waals surface area contributed by atoms with Gasteiger partial charge in [-0.2, -0.15) is 0 Å². The second-order valence-corrected chi connectivity index (χ2v) is 24.3. The van der Waals surface area contributed by atoms with Crippen LogP contribution in [0.4, 0.5) is 22.2 Å². The molecule has 0 bridgehead atoms. The molecular formula is C59H79FN12O6. The summed E-state index contributed by atoms with van der Waals surface area (Å²) >= 11 is 0. The Labute approximate surface area is 455 Å². The summed E-state index contributed by atoms with van der Waals surface area (Å²) < 4.78 is 19.1. The normalized spacial score (nSPS) is 18.3. The van der Waals surface area contributed by atoms with Gasteiger partial charge in [0.2, 0.25) is 35.6 Å². The van der Waals surface area contributed by atoms with Crippen molar-refractivity contribution in [1.82, 2.24) is 43.6 Å². The first kappa shape index (κ1) is 56.3. The third kappa shape index (κ3) is 12.7. The predicted molar refractivity (Wildman–Crippen MR) is 301 cm³/mol. The lowest BCUT2D eigenvalue weighted by Crippen LogP contribution is -2.36. The second-order valence-electron chi connectivity index (χ2n) is 24.3. The van der Waals surface area contributed by atoms with Crippen molar-refractivity contribution in [1.29, 1.82) is 0 Å². The molecule has 6 aromatic heterocycles. The lowest BCUT2D eigenvalue weighted by Gasteiger charge is -2.29. The molecule has 19 heteroatoms. The molecule has 78 heavy (non-hydrogen) atoms. The van der Waals surface area contributed by atoms with Crippen LogP contribution in [0.1, 0.15) is 197 Å². The van der Waals surface area contributed by atoms with Gasteiger partial charge in [-0.3, -0.25) is 44.0 Å². The zero-order chi connectivity index (χ0) is 56.1. The minimum absolute atomic E-state index is 0.0387. The van der Waals surface area contributed by atoms with Crippen LogP contribution in [-0.2, 0) is 19.9 Å². The average Bonchev–Trinajstić information content (AvgIpc) is 4.29. The Hall–Kier alpha value is -6.44. The first-order chi connectivity index (χ1) is 36.8. The number of nitrogens with zero attached hydrogens (tertiary/aromatic N) is 9. The average molecular weight is 1070 g/mol. The molecule has 18 nitrogen and oxygen atoms in total. The number of pyridine rings is 3. The molecule has 5 aliphatic carbocycles. The van der Waals surface area contributed by atoms with E-state index in [1.165, 1.54) is 43.2 Å². The first-order valence-electron chi connectivity index (χ1n) is 28.0. The molecule has 4 fully saturated rings. The van der Waals surface area contributed by atoms with Gasteiger partial charge in [-0.1, -0.05) is 25.2 Å². The van der Waals surface area contributed by atoms with Gasteiger partial charge in [-0.15, -0.1) is 0 Å². The van der Waals surface area contributed by atoms with Gasteiger partial charge in [-0.25, -0.2) is 34.3 Å². The molecule has 6 N–H and O–H groups in total. The Morgan fingerprint density at radius 1 is 0.628 bits per heavy atom. The Morgan fingerprint density at radius 2 is 1.12 bits per heavy atom. The third-order valence-electron chi connectivity index (χ3n) is 15.7. The van der Waals surface area contributed by atoms with Crippen molar-refractivity contribution >= 4 is 69.1 Å². The van der Waals surface area contributed by atoms with Crippen molar-refractivity contribution in [3.05, 3.63) is 76.3 Å². The maximum atomic E-state index is 13.1. The number of aromatic nitrogens is 9. The molecule has 6 heterocycles. The van der Waals surface area contributed by atoms with Gasteiger partial charge in [0, 0.05) is 34.7 Å². The molecule has 0 saturated heterocycles. The summed E-state index contributed by atoms with van der Waals surface area (Å²) in [6.07, 6.45) is 17.9. The Bertz CT molecular complexity index is 3300. The molecule has 0 aliphatic heterocycles. The SMILES string of the molecule is CCC(O)(CF)CC(=O)Nc1nc2cc(C3CC3)c(C)nc2n1C1CCC1.Cc1ccc2nc(NC(=O)C[C@](C)(O)C3=CCC=C3)n(C(C)(C)C)c2n1.Cc1nc2c(cc1C1CC1)nc(NC(=O)CC(C)(C)O)n2C1CCC1. The van der Waals surface area contributed by atoms with Crippen LogP contribution in [0.2, 0.25) is 0 Å². The van der Waals surface area contributed by atoms with E-state index < -0.39 is 29.4 Å². The van der Waals surface area contributed by atoms with E-state index in [0.717, 1.165) is 94.7 Å². The molecule has 0 spiro atoms. The Kier molecular flexibility index (Phi) is 15.9. The number of imidazole rings is 3. The molecule has 0 aromatic carbocycles. The highest BCUT2D eigenvalue weighted by atomic mass is 19.1. The van der Waals surface area contributed by atoms with E-state index in [4.69, 9.17) is 9.97 Å². The summed E-state index contributed by atoms with van der Waals surface area (Å²) in [5.41, 5.74) is 6.92. The van der Waals surface area contributed by atoms with Gasteiger partial charge in [-0.05, 0) is 192 Å². The summed E-state index contributed by atoms with van der Waals surface area (Å²) in [5, 5.41) is 39.2. The Morgan fingerprint density at radius 3 is 1.54 bits per heavy atom. The van der Waals surface area contributed by atoms with Crippen molar-refractivity contribution < 1.29 is 34.1 Å². The number of hydrogen-bond acceptors (Lipinski definition) is 12. The number of fused-ring (bicyclic) bond motifs is 3. The second kappa shape index (κ2) is 22.0. The number of hydrogen-bond donors (Lipinski definition) is 6. The van der Waals surface area contributed by atoms with Gasteiger partial charge in [0.15, 0.2) is 16.9 Å². The summed E-state index contributed by atoms with van der Waals surface area (Å²) in [5.74, 6) is 1.74. The zero-order valence-corrected chi connectivity index (χ0v) is 47.1. The number of aliphatic hydroxyl groups is 3. The van der Waals surface area contributed by atoms with Gasteiger partial charge in [0.25, 0.3) is 0 Å². The highest BCUT2D eigenvalue weighted by Crippen LogP contribution is 2.45. The lowest BCUT2D eigenvalue weighted by molar-refractivity contribution is -0.122. The van der Waals surface area contributed by atoms with Gasteiger partial charge in [0.05, 0.1) is 30.5 Å². The molecule has 418 valence electrons. The van der Waals surface area contributed by atoms with Crippen molar-refractivity contribution in [2.75, 3.05) is 22.6 Å². The fourth-order valence-corrected chi connectivity index (χ4v) is 10.5. The number of carbonyl (C=O) groups is 3. The summed E-state index contributed by atoms with van der Waals surface area (Å²) in [6.45, 7) is 17.8. The van der Waals surface area contributed by atoms with Crippen molar-refractivity contribution in [3.63, 3.8) is 0 Å². The van der Waals surface area contributed by atoms with Crippen LogP contribution in [0.5, 0.6) is 0 Å². The third-order valence-corrected chi connectivity index (χ3v) is 15.7. The number of anilines is 3. The highest BCUT2D eigenvalue weighted by Gasteiger charge is 2.35. The van der Waals surface area contributed by atoms with Crippen molar-refractivity contribution in [2.24, 2.45) is 0 Å². The lowest BCUT2D eigenvalue weighted by atomic mass is 9.92. The van der Waals surface area contributed by atoms with E-state index >= 15 is 0 Å². The molecule has 4 saturated carbocycles. The van der Waals surface area contributed by atoms with E-state index in [2.05, 4.69) is 59.5 Å². The van der Waals surface area contributed by atoms with Crippen molar-refractivity contribution in [2.45, 2.75) is 212 Å². The van der Waals surface area contributed by atoms with Crippen LogP contribution in [-0.4, -0.2) is 100 Å². The maximum Gasteiger partial charge on any atom is 0.229 e. The molecule has 0 radical (unpaired) electrons. The van der Waals surface area contributed by atoms with Crippen LogP contribution in [0.3, 0.4) is 0 Å². The van der Waals surface area contributed by atoms with Crippen LogP contribution >= 0.6 is 0 Å². The number of allylic oxidation sites excluding steroid dienone is 2. The fraction of sp³-hybridized carbons (Fsp3) is 0.576. The van der Waals surface area contributed by atoms with Crippen LogP contribution in [0, 0.1) is 20.8 Å². The Balaban J connectivity index is 0.000000142. The van der Waals surface area contributed by atoms with Crippen LogP contribution in [0.15, 0.2) is 48.1 Å². The zero-order valence-electron chi connectivity index (χ0n) is 47.1. The van der Waals surface area contributed by atoms with E-state index in [0.29, 0.717) is 35.7 Å². The first-order valence-corrected chi connectivity index (χ1v) is 28.0. The number of rotatable bonds is 16. The molecule has 3 amide bonds. The van der Waals surface area contributed by atoms with E-state index in [-0.39, 0.29) is 49.1 Å². The largest absolute Gasteiger partial charge is 0.390 e. The number of nitrogens with one attached hydrogen (secondary N) is 3. The number of amides is 3. The minimum Gasteiger partial charge on any atom is -0.390 e. The van der Waals surface area contributed by atoms with E-state index in [1.807, 2.05) is 74.1 Å². The molecular weight excluding hydrogens is 992 g/mol. The van der Waals surface area contributed by atoms with Crippen LogP contribution < -0.4 is 16.0 Å². The standard InChI is InChI=1S/C20H27FN4O2.C20H26N4O2.C19H26N4O2/c1-3-20(27,11-21)10-17(26)24-19-23-16-9-15(13-7-8-13)12(2)22-18(16)25(19)14-5-4-6-14;1-13-10-11-15-17(21-13)24(19(2,3)4)18(22-15)23-16(25)12-20(5,26)14-8-6-7-9-14;1-11-14(12-7-8-12)9-15-17(20-11)23(13-5-4-6-13)18(21-15)22-16(24)10-19(2,3)25/h9,13-14,27H,3-8,10-11H2,1-2H3,(H,23,24,26);6,8-11,26H,7,12H2,1-5H3,(H,22,23,25);9,12-13,25H,4-8,10H2,1-3H3,(H,21,22,24)/t;20-;/m.0./s1. The molecule has 2 atom stereocenters. The number of halogens is 1. The monoisotopic (exact) mass is 1070 g/mol. The smallest absolute Gasteiger partial charge is 0.229 e. The topological polar surface area (TPSA) is 240 Å². The van der Waals surface area contributed by atoms with Gasteiger partial charge in [0.1, 0.15) is 28.8 Å². The predicted octanol–water partition coefficient (Wildman–Crippen LogP) is 10.7. The van der Waals surface area contributed by atoms with Crippen molar-refractivity contribution in [3.8, 4) is 0 Å². The summed E-state index contributed by atoms with van der Waals surface area (Å²) in [6, 6.07) is 8.67. The molecule has 5 aliphatic rings. The minimum atomic E-state index is -1.62. The fourth-order valence-electron chi connectivity index (χ4n) is 10.5. The summed E-state index contributed by atoms with van der Waals surface area (Å²) in [7, 11) is 0. The van der Waals surface area contributed by atoms with Gasteiger partial charge >= 0.3 is 0 Å². The van der Waals surface area contributed by atoms with E-state index in [9.17, 15) is 34.1 Å².